The maximum atomic E-state index is 12.3. The number of cyclic esters (lactones) is 1. The minimum Gasteiger partial charge on any atom is -0.493 e. The van der Waals surface area contributed by atoms with Gasteiger partial charge in [-0.05, 0) is 29.8 Å². The van der Waals surface area contributed by atoms with Gasteiger partial charge in [-0.3, -0.25) is 0 Å². The second-order valence-corrected chi connectivity index (χ2v) is 6.96. The summed E-state index contributed by atoms with van der Waals surface area (Å²) in [5.74, 6) is 0.888. The Balaban J connectivity index is 1.50. The number of esters is 1. The third-order valence-electron chi connectivity index (χ3n) is 4.80. The molecule has 0 aliphatic carbocycles. The molecular weight excluding hydrogens is 424 g/mol. The lowest BCUT2D eigenvalue weighted by molar-refractivity contribution is -0.130. The fourth-order valence-corrected chi connectivity index (χ4v) is 3.23. The minimum absolute atomic E-state index is 0.146. The van der Waals surface area contributed by atoms with Crippen LogP contribution in [0, 0.1) is 0 Å². The molecule has 3 aromatic rings. The molecule has 0 N–H and O–H groups in total. The molecule has 4 rings (SSSR count). The van der Waals surface area contributed by atoms with Crippen LogP contribution in [0.3, 0.4) is 0 Å². The second-order valence-electron chi connectivity index (χ2n) is 6.96. The van der Waals surface area contributed by atoms with E-state index in [1.165, 1.54) is 21.3 Å². The highest BCUT2D eigenvalue weighted by molar-refractivity contribution is 6.11. The van der Waals surface area contributed by atoms with Crippen LogP contribution in [0.2, 0.25) is 0 Å². The van der Waals surface area contributed by atoms with Crippen molar-refractivity contribution in [1.82, 2.24) is 15.0 Å². The molecule has 1 aromatic heterocycles. The summed E-state index contributed by atoms with van der Waals surface area (Å²) in [5, 5.41) is 8.23. The fraction of sp³-hybridized carbons (Fsp3) is 0.167. The summed E-state index contributed by atoms with van der Waals surface area (Å²) in [7, 11) is 4.53. The number of allylic oxidation sites excluding steroid dienone is 2. The highest BCUT2D eigenvalue weighted by Crippen LogP contribution is 2.39. The van der Waals surface area contributed by atoms with E-state index in [4.69, 9.17) is 18.9 Å². The molecule has 2 aromatic carbocycles. The summed E-state index contributed by atoms with van der Waals surface area (Å²) >= 11 is 0. The lowest BCUT2D eigenvalue weighted by atomic mass is 10.2. The van der Waals surface area contributed by atoms with Crippen LogP contribution in [0.15, 0.2) is 71.5 Å². The average Bonchev–Trinajstić information content (AvgIpc) is 3.44. The minimum atomic E-state index is -0.559. The summed E-state index contributed by atoms with van der Waals surface area (Å²) in [6.45, 7) is 0.623. The molecule has 1 aliphatic rings. The molecule has 0 amide bonds. The third kappa shape index (κ3) is 4.93. The molecule has 2 heterocycles. The smallest absolute Gasteiger partial charge is 0.363 e. The van der Waals surface area contributed by atoms with Crippen molar-refractivity contribution >= 4 is 17.9 Å². The van der Waals surface area contributed by atoms with Crippen molar-refractivity contribution in [3.63, 3.8) is 0 Å². The van der Waals surface area contributed by atoms with Crippen molar-refractivity contribution in [2.75, 3.05) is 21.3 Å². The number of rotatable bonds is 8. The summed E-state index contributed by atoms with van der Waals surface area (Å²) in [6, 6.07) is 13.3. The third-order valence-corrected chi connectivity index (χ3v) is 4.80. The van der Waals surface area contributed by atoms with E-state index in [0.717, 1.165) is 5.56 Å². The van der Waals surface area contributed by atoms with E-state index < -0.39 is 5.97 Å². The molecule has 168 valence electrons. The van der Waals surface area contributed by atoms with Gasteiger partial charge >= 0.3 is 5.97 Å². The van der Waals surface area contributed by atoms with E-state index in [1.807, 2.05) is 36.5 Å². The zero-order valence-electron chi connectivity index (χ0n) is 18.4. The van der Waals surface area contributed by atoms with E-state index in [0.29, 0.717) is 35.1 Å². The quantitative estimate of drug-likeness (QED) is 0.387. The van der Waals surface area contributed by atoms with Gasteiger partial charge in [-0.2, -0.15) is 0 Å². The van der Waals surface area contributed by atoms with Crippen molar-refractivity contribution in [2.45, 2.75) is 6.54 Å². The summed E-state index contributed by atoms with van der Waals surface area (Å²) in [6.07, 6.45) is 6.79. The molecule has 0 radical (unpaired) electrons. The normalized spacial score (nSPS) is 14.5. The SMILES string of the molecule is COc1cc(C2=N/C(=C/C=C/c3cn(Cc4ccccc4)nn3)C(=O)O2)cc(OC)c1OC. The lowest BCUT2D eigenvalue weighted by Gasteiger charge is -2.13. The first-order valence-electron chi connectivity index (χ1n) is 10.0. The van der Waals surface area contributed by atoms with Crippen LogP contribution in [-0.4, -0.2) is 48.2 Å². The number of ether oxygens (including phenoxy) is 4. The second kappa shape index (κ2) is 9.82. The zero-order chi connectivity index (χ0) is 23.2. The number of carbonyl (C=O) groups is 1. The lowest BCUT2D eigenvalue weighted by Crippen LogP contribution is -2.06. The van der Waals surface area contributed by atoms with E-state index in [9.17, 15) is 4.79 Å². The van der Waals surface area contributed by atoms with Gasteiger partial charge in [-0.1, -0.05) is 41.6 Å². The number of aromatic nitrogens is 3. The number of carbonyl (C=O) groups excluding carboxylic acids is 1. The highest BCUT2D eigenvalue weighted by Gasteiger charge is 2.26. The van der Waals surface area contributed by atoms with Gasteiger partial charge in [0, 0.05) is 5.56 Å². The van der Waals surface area contributed by atoms with Crippen LogP contribution >= 0.6 is 0 Å². The van der Waals surface area contributed by atoms with E-state index in [-0.39, 0.29) is 11.6 Å². The van der Waals surface area contributed by atoms with Crippen LogP contribution in [0.5, 0.6) is 17.2 Å². The van der Waals surface area contributed by atoms with Crippen molar-refractivity contribution < 1.29 is 23.7 Å². The Morgan fingerprint density at radius 3 is 2.42 bits per heavy atom. The summed E-state index contributed by atoms with van der Waals surface area (Å²) < 4.78 is 23.1. The van der Waals surface area contributed by atoms with Gasteiger partial charge in [0.2, 0.25) is 11.6 Å². The standard InChI is InChI=1S/C24H22N4O5/c1-30-20-12-17(13-21(31-2)22(20)32-3)23-25-19(24(29)33-23)11-7-10-18-15-28(27-26-18)14-16-8-5-4-6-9-16/h4-13,15H,14H2,1-3H3/b10-7+,19-11+. The Bertz CT molecular complexity index is 1220. The molecule has 0 unspecified atom stereocenters. The first-order valence-corrected chi connectivity index (χ1v) is 10.0. The Kier molecular flexibility index (Phi) is 6.49. The van der Waals surface area contributed by atoms with Gasteiger partial charge in [-0.25, -0.2) is 14.5 Å². The maximum Gasteiger partial charge on any atom is 0.363 e. The Labute approximate surface area is 190 Å². The predicted octanol–water partition coefficient (Wildman–Crippen LogP) is 3.25. The fourth-order valence-electron chi connectivity index (χ4n) is 3.23. The Hall–Kier alpha value is -4.40. The molecular formula is C24H22N4O5. The van der Waals surface area contributed by atoms with Crippen molar-refractivity contribution in [3.8, 4) is 17.2 Å². The number of benzene rings is 2. The predicted molar refractivity (Wildman–Crippen MR) is 121 cm³/mol. The topological polar surface area (TPSA) is 97.1 Å². The van der Waals surface area contributed by atoms with Crippen molar-refractivity contribution in [1.29, 1.82) is 0 Å². The van der Waals surface area contributed by atoms with E-state index >= 15 is 0 Å². The van der Waals surface area contributed by atoms with Crippen molar-refractivity contribution in [3.05, 3.63) is 83.3 Å². The van der Waals surface area contributed by atoms with Crippen LogP contribution in [0.25, 0.3) is 6.08 Å². The summed E-state index contributed by atoms with van der Waals surface area (Å²) in [4.78, 5) is 16.6. The molecule has 0 saturated heterocycles. The maximum absolute atomic E-state index is 12.3. The molecule has 0 atom stereocenters. The van der Waals surface area contributed by atoms with Gasteiger partial charge in [0.15, 0.2) is 17.2 Å². The molecule has 9 heteroatoms. The molecule has 0 fully saturated rings. The van der Waals surface area contributed by atoms with E-state index in [1.54, 1.807) is 35.0 Å². The van der Waals surface area contributed by atoms with Crippen LogP contribution in [-0.2, 0) is 16.1 Å². The molecule has 9 nitrogen and oxygen atoms in total. The van der Waals surface area contributed by atoms with Crippen LogP contribution in [0.1, 0.15) is 16.8 Å². The average molecular weight is 446 g/mol. The van der Waals surface area contributed by atoms with Gasteiger partial charge in [0.25, 0.3) is 0 Å². The van der Waals surface area contributed by atoms with E-state index in [2.05, 4.69) is 15.3 Å². The highest BCUT2D eigenvalue weighted by atomic mass is 16.6. The first-order chi connectivity index (χ1) is 16.1. The van der Waals surface area contributed by atoms with Crippen molar-refractivity contribution in [2.24, 2.45) is 4.99 Å². The number of hydrogen-bond acceptors (Lipinski definition) is 8. The molecule has 0 spiro atoms. The van der Waals surface area contributed by atoms with Crippen LogP contribution < -0.4 is 14.2 Å². The number of nitrogens with zero attached hydrogens (tertiary/aromatic N) is 4. The monoisotopic (exact) mass is 446 g/mol. The number of methoxy groups -OCH3 is 3. The Morgan fingerprint density at radius 2 is 1.76 bits per heavy atom. The van der Waals surface area contributed by atoms with Gasteiger partial charge < -0.3 is 18.9 Å². The number of aliphatic imine (C=N–C) groups is 1. The molecule has 33 heavy (non-hydrogen) atoms. The van der Waals surface area contributed by atoms with Gasteiger partial charge in [0.05, 0.1) is 34.1 Å². The van der Waals surface area contributed by atoms with Gasteiger partial charge in [-0.15, -0.1) is 5.10 Å². The largest absolute Gasteiger partial charge is 0.493 e. The molecule has 0 saturated carbocycles. The van der Waals surface area contributed by atoms with Crippen LogP contribution in [0.4, 0.5) is 0 Å². The summed E-state index contributed by atoms with van der Waals surface area (Å²) in [5.41, 5.74) is 2.46. The van der Waals surface area contributed by atoms with Gasteiger partial charge in [0.1, 0.15) is 5.69 Å². The zero-order valence-corrected chi connectivity index (χ0v) is 18.4. The Morgan fingerprint density at radius 1 is 1.03 bits per heavy atom. The molecule has 1 aliphatic heterocycles. The first kappa shape index (κ1) is 21.8. The molecule has 0 bridgehead atoms. The number of hydrogen-bond donors (Lipinski definition) is 0.